The van der Waals surface area contributed by atoms with Crippen LogP contribution in [0.4, 0.5) is 10.1 Å². The first-order valence-corrected chi connectivity index (χ1v) is 11.8. The molecule has 0 aliphatic carbocycles. The van der Waals surface area contributed by atoms with Crippen molar-refractivity contribution in [2.75, 3.05) is 17.5 Å². The van der Waals surface area contributed by atoms with Crippen LogP contribution >= 0.6 is 34.8 Å². The molecular weight excluding hydrogens is 502 g/mol. The lowest BCUT2D eigenvalue weighted by Gasteiger charge is -2.30. The predicted octanol–water partition coefficient (Wildman–Crippen LogP) is 5.19. The lowest BCUT2D eigenvalue weighted by atomic mass is 10.0. The van der Waals surface area contributed by atoms with E-state index in [9.17, 15) is 17.6 Å². The summed E-state index contributed by atoms with van der Waals surface area (Å²) in [5.41, 5.74) is 0.773. The first-order chi connectivity index (χ1) is 15.2. The fourth-order valence-electron chi connectivity index (χ4n) is 3.27. The van der Waals surface area contributed by atoms with Gasteiger partial charge in [-0.1, -0.05) is 40.9 Å². The number of halogens is 4. The van der Waals surface area contributed by atoms with Gasteiger partial charge in [0.05, 0.1) is 32.1 Å². The molecule has 2 aromatic carbocycles. The molecule has 0 radical (unpaired) electrons. The van der Waals surface area contributed by atoms with E-state index in [1.54, 1.807) is 18.2 Å². The van der Waals surface area contributed by atoms with E-state index in [-0.39, 0.29) is 62.4 Å². The Hall–Kier alpha value is -2.39. The van der Waals surface area contributed by atoms with Gasteiger partial charge in [-0.15, -0.1) is 0 Å². The third-order valence-electron chi connectivity index (χ3n) is 4.78. The SMILES string of the molecule is O=C(Cc1cnc2c(c1)N(S(=O)(=O)c1ccc(F)c(Cl)c1)CCO2)c1c(Cl)cccc1Cl. The number of carbonyl (C=O) groups is 1. The lowest BCUT2D eigenvalue weighted by Crippen LogP contribution is -2.38. The Labute approximate surface area is 198 Å². The van der Waals surface area contributed by atoms with Gasteiger partial charge < -0.3 is 4.74 Å². The number of aromatic nitrogens is 1. The van der Waals surface area contributed by atoms with Crippen LogP contribution in [0.25, 0.3) is 0 Å². The second kappa shape index (κ2) is 8.86. The molecule has 32 heavy (non-hydrogen) atoms. The van der Waals surface area contributed by atoms with E-state index >= 15 is 0 Å². The number of Topliss-reactive ketones (excluding diaryl/α,β-unsaturated/α-hetero) is 1. The average Bonchev–Trinajstić information content (AvgIpc) is 2.75. The zero-order valence-corrected chi connectivity index (χ0v) is 19.3. The van der Waals surface area contributed by atoms with Gasteiger partial charge in [-0.2, -0.15) is 0 Å². The van der Waals surface area contributed by atoms with Crippen LogP contribution in [0.2, 0.25) is 15.1 Å². The van der Waals surface area contributed by atoms with Crippen molar-refractivity contribution >= 4 is 56.3 Å². The maximum atomic E-state index is 13.5. The highest BCUT2D eigenvalue weighted by Gasteiger charge is 2.32. The molecule has 0 bridgehead atoms. The number of hydrogen-bond acceptors (Lipinski definition) is 5. The van der Waals surface area contributed by atoms with E-state index in [0.29, 0.717) is 5.56 Å². The van der Waals surface area contributed by atoms with Gasteiger partial charge in [0.15, 0.2) is 5.78 Å². The van der Waals surface area contributed by atoms with Gasteiger partial charge in [-0.3, -0.25) is 9.10 Å². The van der Waals surface area contributed by atoms with Crippen molar-refractivity contribution in [2.45, 2.75) is 11.3 Å². The van der Waals surface area contributed by atoms with Crippen molar-refractivity contribution in [3.8, 4) is 5.88 Å². The van der Waals surface area contributed by atoms with Crippen molar-refractivity contribution in [2.24, 2.45) is 0 Å². The molecule has 1 aliphatic rings. The Kier molecular flexibility index (Phi) is 6.31. The van der Waals surface area contributed by atoms with Gasteiger partial charge in [0, 0.05) is 12.6 Å². The quantitative estimate of drug-likeness (QED) is 0.437. The van der Waals surface area contributed by atoms with Gasteiger partial charge in [0.1, 0.15) is 18.1 Å². The summed E-state index contributed by atoms with van der Waals surface area (Å²) in [4.78, 5) is 16.8. The number of rotatable bonds is 5. The van der Waals surface area contributed by atoms with Crippen LogP contribution in [0, 0.1) is 5.82 Å². The molecule has 3 aromatic rings. The van der Waals surface area contributed by atoms with Crippen molar-refractivity contribution in [1.82, 2.24) is 4.98 Å². The predicted molar refractivity (Wildman–Crippen MR) is 120 cm³/mol. The maximum Gasteiger partial charge on any atom is 0.264 e. The van der Waals surface area contributed by atoms with Gasteiger partial charge >= 0.3 is 0 Å². The minimum absolute atomic E-state index is 0.000248. The molecule has 0 amide bonds. The monoisotopic (exact) mass is 514 g/mol. The Balaban J connectivity index is 1.69. The number of nitrogens with zero attached hydrogens (tertiary/aromatic N) is 2. The van der Waals surface area contributed by atoms with Crippen LogP contribution in [0.15, 0.2) is 53.6 Å². The number of hydrogen-bond donors (Lipinski definition) is 0. The topological polar surface area (TPSA) is 76.6 Å². The molecule has 0 spiro atoms. The van der Waals surface area contributed by atoms with Gasteiger partial charge in [-0.25, -0.2) is 17.8 Å². The minimum atomic E-state index is -4.09. The Morgan fingerprint density at radius 1 is 1.09 bits per heavy atom. The van der Waals surface area contributed by atoms with Crippen molar-refractivity contribution in [3.05, 3.63) is 80.7 Å². The highest BCUT2D eigenvalue weighted by molar-refractivity contribution is 7.92. The highest BCUT2D eigenvalue weighted by atomic mass is 35.5. The minimum Gasteiger partial charge on any atom is -0.474 e. The van der Waals surface area contributed by atoms with Gasteiger partial charge in [0.2, 0.25) is 5.88 Å². The van der Waals surface area contributed by atoms with Crippen molar-refractivity contribution < 1.29 is 22.3 Å². The molecule has 1 aliphatic heterocycles. The molecule has 1 aromatic heterocycles. The summed E-state index contributed by atoms with van der Waals surface area (Å²) in [6.45, 7) is 0.0708. The standard InChI is InChI=1S/C21H14Cl3FN2O4S/c22-14-2-1-3-15(23)20(14)19(28)9-12-8-18-21(26-11-12)31-7-6-27(18)32(29,30)13-4-5-17(25)16(24)10-13/h1-5,8,10-11H,6-7,9H2. The molecular formula is C21H14Cl3FN2O4S. The van der Waals surface area contributed by atoms with Crippen molar-refractivity contribution in [1.29, 1.82) is 0 Å². The third kappa shape index (κ3) is 4.28. The van der Waals surface area contributed by atoms with E-state index in [0.717, 1.165) is 22.5 Å². The molecule has 6 nitrogen and oxygen atoms in total. The molecule has 2 heterocycles. The summed E-state index contributed by atoms with van der Waals surface area (Å²) in [5, 5.41) is 0.122. The molecule has 4 rings (SSSR count). The molecule has 0 saturated carbocycles. The Bertz CT molecular complexity index is 1310. The van der Waals surface area contributed by atoms with Crippen LogP contribution in [0.5, 0.6) is 5.88 Å². The fraction of sp³-hybridized carbons (Fsp3) is 0.143. The first-order valence-electron chi connectivity index (χ1n) is 9.25. The van der Waals surface area contributed by atoms with E-state index in [4.69, 9.17) is 39.5 Å². The summed E-state index contributed by atoms with van der Waals surface area (Å²) in [7, 11) is -4.09. The van der Waals surface area contributed by atoms with Crippen molar-refractivity contribution in [3.63, 3.8) is 0 Å². The number of pyridine rings is 1. The molecule has 11 heteroatoms. The second-order valence-corrected chi connectivity index (χ2v) is 9.95. The molecule has 0 unspecified atom stereocenters. The number of fused-ring (bicyclic) bond motifs is 1. The number of ketones is 1. The summed E-state index contributed by atoms with van der Waals surface area (Å²) < 4.78 is 46.5. The zero-order valence-electron chi connectivity index (χ0n) is 16.2. The van der Waals surface area contributed by atoms with Crippen LogP contribution in [0.1, 0.15) is 15.9 Å². The summed E-state index contributed by atoms with van der Waals surface area (Å²) in [6, 6.07) is 9.41. The lowest BCUT2D eigenvalue weighted by molar-refractivity contribution is 0.0993. The smallest absolute Gasteiger partial charge is 0.264 e. The van der Waals surface area contributed by atoms with E-state index in [2.05, 4.69) is 4.98 Å². The van der Waals surface area contributed by atoms with E-state index in [1.807, 2.05) is 0 Å². The summed E-state index contributed by atoms with van der Waals surface area (Å²) in [5.74, 6) is -0.979. The van der Waals surface area contributed by atoms with E-state index in [1.165, 1.54) is 12.3 Å². The summed E-state index contributed by atoms with van der Waals surface area (Å²) in [6.07, 6.45) is 1.31. The van der Waals surface area contributed by atoms with Crippen LogP contribution in [-0.2, 0) is 16.4 Å². The molecule has 0 atom stereocenters. The number of carbonyl (C=O) groups excluding carboxylic acids is 1. The maximum absolute atomic E-state index is 13.5. The van der Waals surface area contributed by atoms with Crippen LogP contribution in [-0.4, -0.2) is 32.3 Å². The van der Waals surface area contributed by atoms with Crippen LogP contribution < -0.4 is 9.04 Å². The molecule has 0 saturated heterocycles. The van der Waals surface area contributed by atoms with Gasteiger partial charge in [0.25, 0.3) is 10.0 Å². The molecule has 0 N–H and O–H groups in total. The van der Waals surface area contributed by atoms with Crippen LogP contribution in [0.3, 0.4) is 0 Å². The Morgan fingerprint density at radius 3 is 2.50 bits per heavy atom. The Morgan fingerprint density at radius 2 is 1.81 bits per heavy atom. The third-order valence-corrected chi connectivity index (χ3v) is 7.50. The summed E-state index contributed by atoms with van der Waals surface area (Å²) >= 11 is 18.0. The second-order valence-electron chi connectivity index (χ2n) is 6.87. The molecule has 166 valence electrons. The highest BCUT2D eigenvalue weighted by Crippen LogP contribution is 2.35. The average molecular weight is 516 g/mol. The van der Waals surface area contributed by atoms with E-state index < -0.39 is 15.8 Å². The largest absolute Gasteiger partial charge is 0.474 e. The van der Waals surface area contributed by atoms with Gasteiger partial charge in [-0.05, 0) is 42.0 Å². The number of sulfonamides is 1. The zero-order chi connectivity index (χ0) is 23.0. The first kappa shape index (κ1) is 22.8. The number of benzene rings is 2. The normalized spacial score (nSPS) is 13.4. The number of anilines is 1. The number of ether oxygens (including phenoxy) is 1. The molecule has 0 fully saturated rings. The fourth-order valence-corrected chi connectivity index (χ4v) is 5.59.